The Balaban J connectivity index is 1.81. The number of thioether (sulfide) groups is 1. The number of hydrogen-bond donors (Lipinski definition) is 1. The van der Waals surface area contributed by atoms with Crippen molar-refractivity contribution < 1.29 is 19.1 Å². The number of hydrogen-bond acceptors (Lipinski definition) is 5. The number of ketones is 1. The van der Waals surface area contributed by atoms with Crippen molar-refractivity contribution in [2.75, 3.05) is 26.5 Å². The van der Waals surface area contributed by atoms with Crippen molar-refractivity contribution in [2.24, 2.45) is 0 Å². The van der Waals surface area contributed by atoms with Gasteiger partial charge in [0.15, 0.2) is 5.78 Å². The first-order valence-corrected chi connectivity index (χ1v) is 10.3. The first-order chi connectivity index (χ1) is 13.4. The van der Waals surface area contributed by atoms with Crippen LogP contribution in [-0.2, 0) is 17.0 Å². The molecule has 0 atom stereocenters. The molecule has 0 aromatic heterocycles. The Labute approximate surface area is 170 Å². The molecule has 0 saturated heterocycles. The second kappa shape index (κ2) is 10.8. The van der Waals surface area contributed by atoms with Crippen LogP contribution >= 0.6 is 11.8 Å². The standard InChI is InChI=1S/C22H27NO4S/c1-15-5-7-20(26-3)18(11-15)9-10-23-22(25)14-28-13-19-12-17(16(2)24)6-8-21(19)27-4/h5-8,11-12H,9-10,13-14H2,1-4H3,(H,23,25). The third kappa shape index (κ3) is 6.30. The molecule has 150 valence electrons. The molecule has 5 nitrogen and oxygen atoms in total. The molecule has 0 aliphatic carbocycles. The van der Waals surface area contributed by atoms with Gasteiger partial charge in [0.2, 0.25) is 5.91 Å². The summed E-state index contributed by atoms with van der Waals surface area (Å²) in [5.41, 5.74) is 3.81. The summed E-state index contributed by atoms with van der Waals surface area (Å²) >= 11 is 1.49. The zero-order valence-electron chi connectivity index (χ0n) is 16.8. The zero-order chi connectivity index (χ0) is 20.5. The Hall–Kier alpha value is -2.47. The van der Waals surface area contributed by atoms with Crippen LogP contribution in [-0.4, -0.2) is 38.2 Å². The van der Waals surface area contributed by atoms with Crippen molar-refractivity contribution in [3.63, 3.8) is 0 Å². The van der Waals surface area contributed by atoms with E-state index in [1.54, 1.807) is 26.4 Å². The third-order valence-electron chi connectivity index (χ3n) is 4.33. The lowest BCUT2D eigenvalue weighted by Gasteiger charge is -2.11. The predicted octanol–water partition coefficient (Wildman–Crippen LogP) is 3.81. The lowest BCUT2D eigenvalue weighted by molar-refractivity contribution is -0.118. The molecular formula is C22H27NO4S. The van der Waals surface area contributed by atoms with E-state index in [-0.39, 0.29) is 11.7 Å². The summed E-state index contributed by atoms with van der Waals surface area (Å²) in [6, 6.07) is 11.4. The topological polar surface area (TPSA) is 64.6 Å². The van der Waals surface area contributed by atoms with E-state index in [4.69, 9.17) is 9.47 Å². The van der Waals surface area contributed by atoms with E-state index in [2.05, 4.69) is 11.4 Å². The van der Waals surface area contributed by atoms with Crippen molar-refractivity contribution in [3.8, 4) is 11.5 Å². The number of carbonyl (C=O) groups excluding carboxylic acids is 2. The molecule has 2 aromatic rings. The van der Waals surface area contributed by atoms with Gasteiger partial charge in [0, 0.05) is 23.4 Å². The molecule has 0 aliphatic heterocycles. The van der Waals surface area contributed by atoms with Gasteiger partial charge >= 0.3 is 0 Å². The molecule has 0 bridgehead atoms. The van der Waals surface area contributed by atoms with Gasteiger partial charge in [-0.3, -0.25) is 9.59 Å². The second-order valence-electron chi connectivity index (χ2n) is 6.49. The zero-order valence-corrected chi connectivity index (χ0v) is 17.7. The number of aryl methyl sites for hydroxylation is 1. The van der Waals surface area contributed by atoms with Crippen molar-refractivity contribution in [1.82, 2.24) is 5.32 Å². The van der Waals surface area contributed by atoms with Crippen LogP contribution in [0.25, 0.3) is 0 Å². The van der Waals surface area contributed by atoms with Gasteiger partial charge in [0.05, 0.1) is 20.0 Å². The molecule has 0 radical (unpaired) electrons. The van der Waals surface area contributed by atoms with E-state index >= 15 is 0 Å². The summed E-state index contributed by atoms with van der Waals surface area (Å²) in [5, 5.41) is 2.95. The first-order valence-electron chi connectivity index (χ1n) is 9.10. The summed E-state index contributed by atoms with van der Waals surface area (Å²) in [5.74, 6) is 2.51. The Morgan fingerprint density at radius 3 is 2.36 bits per heavy atom. The van der Waals surface area contributed by atoms with Crippen LogP contribution < -0.4 is 14.8 Å². The number of amides is 1. The number of ether oxygens (including phenoxy) is 2. The molecule has 2 aromatic carbocycles. The highest BCUT2D eigenvalue weighted by atomic mass is 32.2. The van der Waals surface area contributed by atoms with Crippen LogP contribution in [0.3, 0.4) is 0 Å². The molecule has 0 unspecified atom stereocenters. The molecule has 0 saturated carbocycles. The Bertz CT molecular complexity index is 835. The molecule has 0 heterocycles. The highest BCUT2D eigenvalue weighted by molar-refractivity contribution is 7.99. The Morgan fingerprint density at radius 1 is 1.00 bits per heavy atom. The number of carbonyl (C=O) groups is 2. The number of nitrogens with one attached hydrogen (secondary N) is 1. The molecule has 1 N–H and O–H groups in total. The predicted molar refractivity (Wildman–Crippen MR) is 114 cm³/mol. The van der Waals surface area contributed by atoms with Gasteiger partial charge in [-0.2, -0.15) is 0 Å². The maximum atomic E-state index is 12.1. The van der Waals surface area contributed by atoms with Gasteiger partial charge in [-0.05, 0) is 50.1 Å². The summed E-state index contributed by atoms with van der Waals surface area (Å²) in [6.45, 7) is 4.13. The van der Waals surface area contributed by atoms with Crippen LogP contribution in [0.4, 0.5) is 0 Å². The highest BCUT2D eigenvalue weighted by Crippen LogP contribution is 2.25. The minimum atomic E-state index is -0.0155. The fourth-order valence-corrected chi connectivity index (χ4v) is 3.69. The maximum Gasteiger partial charge on any atom is 0.230 e. The van der Waals surface area contributed by atoms with Gasteiger partial charge in [-0.25, -0.2) is 0 Å². The number of benzene rings is 2. The van der Waals surface area contributed by atoms with Crippen LogP contribution in [0, 0.1) is 6.92 Å². The molecule has 28 heavy (non-hydrogen) atoms. The van der Waals surface area contributed by atoms with Crippen molar-refractivity contribution >= 4 is 23.5 Å². The summed E-state index contributed by atoms with van der Waals surface area (Å²) in [4.78, 5) is 23.7. The summed E-state index contributed by atoms with van der Waals surface area (Å²) in [6.07, 6.45) is 0.718. The van der Waals surface area contributed by atoms with E-state index in [0.29, 0.717) is 23.6 Å². The first kappa shape index (κ1) is 21.8. The van der Waals surface area contributed by atoms with Gasteiger partial charge in [-0.15, -0.1) is 11.8 Å². The normalized spacial score (nSPS) is 10.4. The fraction of sp³-hybridized carbons (Fsp3) is 0.364. The van der Waals surface area contributed by atoms with E-state index in [1.807, 2.05) is 25.1 Å². The summed E-state index contributed by atoms with van der Waals surface area (Å²) in [7, 11) is 3.25. The molecule has 0 aliphatic rings. The molecular weight excluding hydrogens is 374 g/mol. The maximum absolute atomic E-state index is 12.1. The number of rotatable bonds is 10. The van der Waals surface area contributed by atoms with Gasteiger partial charge in [-0.1, -0.05) is 17.7 Å². The van der Waals surface area contributed by atoms with Gasteiger partial charge in [0.1, 0.15) is 11.5 Å². The quantitative estimate of drug-likeness (QED) is 0.614. The Kier molecular flexibility index (Phi) is 8.39. The number of Topliss-reactive ketones (excluding diaryl/α,β-unsaturated/α-hetero) is 1. The van der Waals surface area contributed by atoms with Gasteiger partial charge in [0.25, 0.3) is 0 Å². The van der Waals surface area contributed by atoms with Gasteiger partial charge < -0.3 is 14.8 Å². The fourth-order valence-electron chi connectivity index (χ4n) is 2.85. The Morgan fingerprint density at radius 2 is 1.68 bits per heavy atom. The van der Waals surface area contributed by atoms with Crippen molar-refractivity contribution in [2.45, 2.75) is 26.0 Å². The average Bonchev–Trinajstić information content (AvgIpc) is 2.68. The third-order valence-corrected chi connectivity index (χ3v) is 5.31. The molecule has 6 heteroatoms. The smallest absolute Gasteiger partial charge is 0.230 e. The van der Waals surface area contributed by atoms with E-state index in [1.165, 1.54) is 24.2 Å². The summed E-state index contributed by atoms with van der Waals surface area (Å²) < 4.78 is 10.7. The molecule has 2 rings (SSSR count). The largest absolute Gasteiger partial charge is 0.496 e. The lowest BCUT2D eigenvalue weighted by atomic mass is 10.1. The van der Waals surface area contributed by atoms with Crippen molar-refractivity contribution in [3.05, 3.63) is 58.7 Å². The van der Waals surface area contributed by atoms with E-state index < -0.39 is 0 Å². The lowest BCUT2D eigenvalue weighted by Crippen LogP contribution is -2.27. The van der Waals surface area contributed by atoms with Crippen LogP contribution in [0.15, 0.2) is 36.4 Å². The SMILES string of the molecule is COc1ccc(C)cc1CCNC(=O)CSCc1cc(C(C)=O)ccc1OC. The van der Waals surface area contributed by atoms with Crippen LogP contribution in [0.5, 0.6) is 11.5 Å². The van der Waals surface area contributed by atoms with E-state index in [0.717, 1.165) is 29.0 Å². The molecule has 0 spiro atoms. The molecule has 0 fully saturated rings. The van der Waals surface area contributed by atoms with Crippen molar-refractivity contribution in [1.29, 1.82) is 0 Å². The highest BCUT2D eigenvalue weighted by Gasteiger charge is 2.09. The van der Waals surface area contributed by atoms with Crippen LogP contribution in [0.2, 0.25) is 0 Å². The number of methoxy groups -OCH3 is 2. The minimum Gasteiger partial charge on any atom is -0.496 e. The van der Waals surface area contributed by atoms with Crippen LogP contribution in [0.1, 0.15) is 34.0 Å². The monoisotopic (exact) mass is 401 g/mol. The minimum absolute atomic E-state index is 0.0122. The average molecular weight is 402 g/mol. The second-order valence-corrected chi connectivity index (χ2v) is 7.48. The molecule has 1 amide bonds. The van der Waals surface area contributed by atoms with E-state index in [9.17, 15) is 9.59 Å².